The molecule has 1 rings (SSSR count). The van der Waals surface area contributed by atoms with Crippen LogP contribution in [0.5, 0.6) is 0 Å². The van der Waals surface area contributed by atoms with Gasteiger partial charge in [0, 0.05) is 6.61 Å². The van der Waals surface area contributed by atoms with Gasteiger partial charge >= 0.3 is 0 Å². The largest absolute Gasteiger partial charge is 0.396 e. The summed E-state index contributed by atoms with van der Waals surface area (Å²) in [5.74, 6) is 1.33. The van der Waals surface area contributed by atoms with Crippen LogP contribution in [0.15, 0.2) is 0 Å². The highest BCUT2D eigenvalue weighted by atomic mass is 16.3. The molecular weight excluding hydrogens is 124 g/mol. The molecule has 0 heterocycles. The first-order valence-corrected chi connectivity index (χ1v) is 4.20. The zero-order valence-electron chi connectivity index (χ0n) is 7.22. The molecule has 0 saturated heterocycles. The predicted octanol–water partition coefficient (Wildman–Crippen LogP) is 2.05. The van der Waals surface area contributed by atoms with E-state index < -0.39 is 0 Å². The number of aliphatic hydroxyl groups excluding tert-OH is 1. The molecule has 0 aromatic heterocycles. The van der Waals surface area contributed by atoms with Gasteiger partial charge in [-0.3, -0.25) is 0 Å². The quantitative estimate of drug-likeness (QED) is 0.594. The molecule has 0 amide bonds. The van der Waals surface area contributed by atoms with Crippen LogP contribution in [0.3, 0.4) is 0 Å². The molecule has 0 unspecified atom stereocenters. The molecule has 0 spiro atoms. The van der Waals surface area contributed by atoms with Gasteiger partial charge in [0.1, 0.15) is 0 Å². The Labute approximate surface area is 63.4 Å². The van der Waals surface area contributed by atoms with E-state index in [-0.39, 0.29) is 0 Å². The molecule has 60 valence electrons. The lowest BCUT2D eigenvalue weighted by atomic mass is 9.77. The van der Waals surface area contributed by atoms with Crippen LogP contribution in [-0.2, 0) is 0 Å². The van der Waals surface area contributed by atoms with Crippen molar-refractivity contribution in [2.75, 3.05) is 6.61 Å². The minimum absolute atomic E-state index is 0.370. The van der Waals surface area contributed by atoms with E-state index in [0.717, 1.165) is 5.92 Å². The van der Waals surface area contributed by atoms with E-state index in [0.29, 0.717) is 17.9 Å². The van der Waals surface area contributed by atoms with Crippen LogP contribution in [0.25, 0.3) is 0 Å². The first-order valence-electron chi connectivity index (χ1n) is 4.20. The van der Waals surface area contributed by atoms with Crippen LogP contribution in [0.1, 0.15) is 33.6 Å². The third-order valence-electron chi connectivity index (χ3n) is 3.49. The SMILES string of the molecule is C[C@H]1CC[C@H](CO)C1(C)C. The van der Waals surface area contributed by atoms with Gasteiger partial charge in [0.15, 0.2) is 0 Å². The maximum Gasteiger partial charge on any atom is 0.0464 e. The van der Waals surface area contributed by atoms with E-state index in [1.54, 1.807) is 0 Å². The molecule has 2 atom stereocenters. The first kappa shape index (κ1) is 8.06. The van der Waals surface area contributed by atoms with Crippen molar-refractivity contribution in [2.45, 2.75) is 33.6 Å². The van der Waals surface area contributed by atoms with Crippen molar-refractivity contribution in [1.82, 2.24) is 0 Å². The Morgan fingerprint density at radius 1 is 1.40 bits per heavy atom. The molecule has 0 aromatic rings. The van der Waals surface area contributed by atoms with Gasteiger partial charge in [0.2, 0.25) is 0 Å². The normalized spacial score (nSPS) is 38.4. The Morgan fingerprint density at radius 3 is 2.20 bits per heavy atom. The molecule has 1 saturated carbocycles. The standard InChI is InChI=1S/C9H18O/c1-7-4-5-8(6-10)9(7,2)3/h7-8,10H,4-6H2,1-3H3/t7-,8+/m0/s1. The van der Waals surface area contributed by atoms with Crippen LogP contribution in [0.4, 0.5) is 0 Å². The molecule has 0 aliphatic heterocycles. The van der Waals surface area contributed by atoms with Crippen LogP contribution in [-0.4, -0.2) is 11.7 Å². The van der Waals surface area contributed by atoms with Crippen molar-refractivity contribution in [1.29, 1.82) is 0 Å². The van der Waals surface area contributed by atoms with Gasteiger partial charge in [-0.2, -0.15) is 0 Å². The predicted molar refractivity (Wildman–Crippen MR) is 42.8 cm³/mol. The van der Waals surface area contributed by atoms with Crippen molar-refractivity contribution in [3.05, 3.63) is 0 Å². The molecular formula is C9H18O. The Hall–Kier alpha value is -0.0400. The summed E-state index contributed by atoms with van der Waals surface area (Å²) in [6.07, 6.45) is 2.50. The van der Waals surface area contributed by atoms with E-state index in [1.807, 2.05) is 0 Å². The summed E-state index contributed by atoms with van der Waals surface area (Å²) >= 11 is 0. The smallest absolute Gasteiger partial charge is 0.0464 e. The molecule has 1 aliphatic carbocycles. The third kappa shape index (κ3) is 1.07. The van der Waals surface area contributed by atoms with E-state index >= 15 is 0 Å². The number of aliphatic hydroxyl groups is 1. The lowest BCUT2D eigenvalue weighted by molar-refractivity contribution is 0.120. The summed E-state index contributed by atoms with van der Waals surface area (Å²) in [4.78, 5) is 0. The minimum Gasteiger partial charge on any atom is -0.396 e. The average molecular weight is 142 g/mol. The number of hydrogen-bond acceptors (Lipinski definition) is 1. The summed E-state index contributed by atoms with van der Waals surface area (Å²) in [5.41, 5.74) is 0.370. The summed E-state index contributed by atoms with van der Waals surface area (Å²) in [6.45, 7) is 7.20. The molecule has 0 radical (unpaired) electrons. The highest BCUT2D eigenvalue weighted by molar-refractivity contribution is 4.89. The second-order valence-corrected chi connectivity index (χ2v) is 4.18. The fraction of sp³-hybridized carbons (Fsp3) is 1.00. The number of rotatable bonds is 1. The maximum atomic E-state index is 9.02. The monoisotopic (exact) mass is 142 g/mol. The minimum atomic E-state index is 0.370. The van der Waals surface area contributed by atoms with Crippen molar-refractivity contribution in [2.24, 2.45) is 17.3 Å². The molecule has 1 heteroatoms. The molecule has 0 aromatic carbocycles. The first-order chi connectivity index (χ1) is 4.59. The summed E-state index contributed by atoms with van der Waals surface area (Å²) in [6, 6.07) is 0. The van der Waals surface area contributed by atoms with E-state index in [2.05, 4.69) is 20.8 Å². The highest BCUT2D eigenvalue weighted by Crippen LogP contribution is 2.46. The van der Waals surface area contributed by atoms with Gasteiger partial charge < -0.3 is 5.11 Å². The van der Waals surface area contributed by atoms with Gasteiger partial charge in [-0.25, -0.2) is 0 Å². The molecule has 10 heavy (non-hydrogen) atoms. The summed E-state index contributed by atoms with van der Waals surface area (Å²) in [7, 11) is 0. The van der Waals surface area contributed by atoms with Gasteiger partial charge in [0.25, 0.3) is 0 Å². The Bertz CT molecular complexity index is 118. The van der Waals surface area contributed by atoms with Gasteiger partial charge in [-0.05, 0) is 30.1 Å². The average Bonchev–Trinajstić information content (AvgIpc) is 2.10. The summed E-state index contributed by atoms with van der Waals surface area (Å²) in [5, 5.41) is 9.02. The fourth-order valence-corrected chi connectivity index (χ4v) is 1.92. The molecule has 1 N–H and O–H groups in total. The van der Waals surface area contributed by atoms with Crippen molar-refractivity contribution < 1.29 is 5.11 Å². The third-order valence-corrected chi connectivity index (χ3v) is 3.49. The molecule has 1 fully saturated rings. The van der Waals surface area contributed by atoms with Crippen molar-refractivity contribution in [3.8, 4) is 0 Å². The second kappa shape index (κ2) is 2.54. The van der Waals surface area contributed by atoms with Gasteiger partial charge in [-0.1, -0.05) is 20.8 Å². The van der Waals surface area contributed by atoms with Crippen LogP contribution in [0.2, 0.25) is 0 Å². The van der Waals surface area contributed by atoms with Gasteiger partial charge in [0.05, 0.1) is 0 Å². The lowest BCUT2D eigenvalue weighted by Gasteiger charge is -2.29. The molecule has 1 aliphatic rings. The van der Waals surface area contributed by atoms with E-state index in [4.69, 9.17) is 5.11 Å². The zero-order valence-corrected chi connectivity index (χ0v) is 7.22. The molecule has 1 nitrogen and oxygen atoms in total. The Morgan fingerprint density at radius 2 is 2.00 bits per heavy atom. The maximum absolute atomic E-state index is 9.02. The Kier molecular flexibility index (Phi) is 2.04. The van der Waals surface area contributed by atoms with E-state index in [9.17, 15) is 0 Å². The van der Waals surface area contributed by atoms with E-state index in [1.165, 1.54) is 12.8 Å². The topological polar surface area (TPSA) is 20.2 Å². The Balaban J connectivity index is 2.64. The zero-order chi connectivity index (χ0) is 7.78. The lowest BCUT2D eigenvalue weighted by Crippen LogP contribution is -2.25. The highest BCUT2D eigenvalue weighted by Gasteiger charge is 2.39. The fourth-order valence-electron chi connectivity index (χ4n) is 1.92. The van der Waals surface area contributed by atoms with Crippen LogP contribution < -0.4 is 0 Å². The van der Waals surface area contributed by atoms with Crippen LogP contribution >= 0.6 is 0 Å². The van der Waals surface area contributed by atoms with Crippen molar-refractivity contribution >= 4 is 0 Å². The second-order valence-electron chi connectivity index (χ2n) is 4.18. The van der Waals surface area contributed by atoms with Crippen molar-refractivity contribution in [3.63, 3.8) is 0 Å². The van der Waals surface area contributed by atoms with Gasteiger partial charge in [-0.15, -0.1) is 0 Å². The van der Waals surface area contributed by atoms with Crippen LogP contribution in [0, 0.1) is 17.3 Å². The summed E-state index contributed by atoms with van der Waals surface area (Å²) < 4.78 is 0. The molecule has 0 bridgehead atoms. The number of hydrogen-bond donors (Lipinski definition) is 1.